The van der Waals surface area contributed by atoms with Crippen LogP contribution in [0.2, 0.25) is 5.02 Å². The summed E-state index contributed by atoms with van der Waals surface area (Å²) < 4.78 is 5.54. The summed E-state index contributed by atoms with van der Waals surface area (Å²) >= 11 is 6.09. The summed E-state index contributed by atoms with van der Waals surface area (Å²) in [4.78, 5) is 4.14. The molecule has 0 saturated carbocycles. The lowest BCUT2D eigenvalue weighted by molar-refractivity contribution is 0.232. The fraction of sp³-hybridized carbons (Fsp3) is 0.615. The second kappa shape index (κ2) is 6.82. The molecule has 0 atom stereocenters. The molecule has 17 heavy (non-hydrogen) atoms. The van der Waals surface area contributed by atoms with Crippen LogP contribution in [-0.4, -0.2) is 17.6 Å². The van der Waals surface area contributed by atoms with Crippen LogP contribution in [0.5, 0.6) is 5.88 Å². The molecule has 0 aliphatic rings. The van der Waals surface area contributed by atoms with E-state index in [4.69, 9.17) is 16.3 Å². The average molecular weight is 257 g/mol. The van der Waals surface area contributed by atoms with Crippen LogP contribution in [0.1, 0.15) is 33.3 Å². The van der Waals surface area contributed by atoms with E-state index in [0.717, 1.165) is 18.7 Å². The lowest BCUT2D eigenvalue weighted by atomic mass is 10.2. The van der Waals surface area contributed by atoms with Gasteiger partial charge < -0.3 is 10.1 Å². The molecular formula is C13H21ClN2O. The van der Waals surface area contributed by atoms with Crippen molar-refractivity contribution in [3.05, 3.63) is 22.8 Å². The van der Waals surface area contributed by atoms with Gasteiger partial charge in [-0.2, -0.15) is 0 Å². The topological polar surface area (TPSA) is 34.1 Å². The van der Waals surface area contributed by atoms with Crippen molar-refractivity contribution in [3.8, 4) is 5.88 Å². The Labute approximate surface area is 109 Å². The zero-order valence-corrected chi connectivity index (χ0v) is 11.7. The van der Waals surface area contributed by atoms with Gasteiger partial charge in [0.15, 0.2) is 0 Å². The molecule has 0 aromatic carbocycles. The molecule has 1 aromatic rings. The smallest absolute Gasteiger partial charge is 0.213 e. The van der Waals surface area contributed by atoms with Crippen LogP contribution in [0.4, 0.5) is 0 Å². The highest BCUT2D eigenvalue weighted by Gasteiger charge is 2.06. The Morgan fingerprint density at radius 3 is 2.65 bits per heavy atom. The third-order valence-electron chi connectivity index (χ3n) is 2.13. The van der Waals surface area contributed by atoms with Gasteiger partial charge in [0.1, 0.15) is 0 Å². The molecule has 0 amide bonds. The molecule has 1 aromatic heterocycles. The molecule has 1 rings (SSSR count). The van der Waals surface area contributed by atoms with Gasteiger partial charge >= 0.3 is 0 Å². The molecule has 4 heteroatoms. The first-order valence-corrected chi connectivity index (χ1v) is 6.38. The number of aromatic nitrogens is 1. The normalized spacial score (nSPS) is 11.2. The van der Waals surface area contributed by atoms with Crippen molar-refractivity contribution in [2.24, 2.45) is 5.92 Å². The Hall–Kier alpha value is -0.800. The summed E-state index contributed by atoms with van der Waals surface area (Å²) in [6.07, 6.45) is 1.77. The van der Waals surface area contributed by atoms with Crippen LogP contribution < -0.4 is 10.1 Å². The molecule has 1 N–H and O–H groups in total. The van der Waals surface area contributed by atoms with E-state index in [2.05, 4.69) is 24.1 Å². The van der Waals surface area contributed by atoms with Gasteiger partial charge in [-0.1, -0.05) is 25.4 Å². The van der Waals surface area contributed by atoms with Gasteiger partial charge in [-0.3, -0.25) is 0 Å². The molecule has 0 saturated heterocycles. The van der Waals surface area contributed by atoms with Crippen molar-refractivity contribution < 1.29 is 4.74 Å². The van der Waals surface area contributed by atoms with Crippen molar-refractivity contribution in [3.63, 3.8) is 0 Å². The number of nitrogens with one attached hydrogen (secondary N) is 1. The summed E-state index contributed by atoms with van der Waals surface area (Å²) in [6, 6.07) is 1.90. The summed E-state index contributed by atoms with van der Waals surface area (Å²) in [5, 5.41) is 4.03. The van der Waals surface area contributed by atoms with Gasteiger partial charge in [-0.25, -0.2) is 4.98 Å². The van der Waals surface area contributed by atoms with E-state index in [1.54, 1.807) is 6.20 Å². The number of nitrogens with zero attached hydrogens (tertiary/aromatic N) is 1. The first kappa shape index (κ1) is 14.3. The largest absolute Gasteiger partial charge is 0.475 e. The first-order chi connectivity index (χ1) is 7.99. The van der Waals surface area contributed by atoms with Crippen LogP contribution in [0.3, 0.4) is 0 Å². The van der Waals surface area contributed by atoms with E-state index < -0.39 is 0 Å². The van der Waals surface area contributed by atoms with Crippen molar-refractivity contribution in [1.82, 2.24) is 10.3 Å². The standard InChI is InChI=1S/C13H21ClN2O/c1-9(2)6-15-7-11-5-13(17-10(3)4)16-8-12(11)14/h5,8-10,15H,6-7H2,1-4H3. The molecule has 0 radical (unpaired) electrons. The number of pyridine rings is 1. The predicted molar refractivity (Wildman–Crippen MR) is 71.6 cm³/mol. The number of hydrogen-bond donors (Lipinski definition) is 1. The molecule has 0 bridgehead atoms. The molecule has 0 aliphatic carbocycles. The fourth-order valence-corrected chi connectivity index (χ4v) is 1.57. The number of hydrogen-bond acceptors (Lipinski definition) is 3. The van der Waals surface area contributed by atoms with Gasteiger partial charge in [0.05, 0.1) is 11.1 Å². The zero-order chi connectivity index (χ0) is 12.8. The van der Waals surface area contributed by atoms with E-state index in [0.29, 0.717) is 16.8 Å². The Morgan fingerprint density at radius 1 is 1.35 bits per heavy atom. The molecule has 0 aliphatic heterocycles. The molecule has 1 heterocycles. The van der Waals surface area contributed by atoms with Crippen LogP contribution in [0.15, 0.2) is 12.3 Å². The highest BCUT2D eigenvalue weighted by atomic mass is 35.5. The third-order valence-corrected chi connectivity index (χ3v) is 2.47. The minimum Gasteiger partial charge on any atom is -0.475 e. The fourth-order valence-electron chi connectivity index (χ4n) is 1.40. The number of ether oxygens (including phenoxy) is 1. The van der Waals surface area contributed by atoms with E-state index >= 15 is 0 Å². The first-order valence-electron chi connectivity index (χ1n) is 6.00. The van der Waals surface area contributed by atoms with Crippen LogP contribution in [0, 0.1) is 5.92 Å². The number of rotatable bonds is 6. The van der Waals surface area contributed by atoms with Gasteiger partial charge in [0.25, 0.3) is 0 Å². The summed E-state index contributed by atoms with van der Waals surface area (Å²) in [5.41, 5.74) is 1.03. The maximum absolute atomic E-state index is 6.09. The van der Waals surface area contributed by atoms with E-state index in [9.17, 15) is 0 Å². The molecule has 0 spiro atoms. The summed E-state index contributed by atoms with van der Waals surface area (Å²) in [7, 11) is 0. The zero-order valence-electron chi connectivity index (χ0n) is 11.0. The second-order valence-corrected chi connectivity index (χ2v) is 5.21. The monoisotopic (exact) mass is 256 g/mol. The average Bonchev–Trinajstić information content (AvgIpc) is 2.21. The van der Waals surface area contributed by atoms with Crippen LogP contribution in [0.25, 0.3) is 0 Å². The lowest BCUT2D eigenvalue weighted by Gasteiger charge is -2.12. The lowest BCUT2D eigenvalue weighted by Crippen LogP contribution is -2.19. The van der Waals surface area contributed by atoms with Crippen LogP contribution >= 0.6 is 11.6 Å². The third kappa shape index (κ3) is 5.37. The Kier molecular flexibility index (Phi) is 5.72. The molecule has 0 unspecified atom stereocenters. The van der Waals surface area contributed by atoms with Crippen molar-refractivity contribution in [2.75, 3.05) is 6.54 Å². The molecular weight excluding hydrogens is 236 g/mol. The molecule has 0 fully saturated rings. The minimum absolute atomic E-state index is 0.125. The van der Waals surface area contributed by atoms with Gasteiger partial charge in [0, 0.05) is 18.8 Å². The van der Waals surface area contributed by atoms with E-state index in [-0.39, 0.29) is 6.10 Å². The highest BCUT2D eigenvalue weighted by Crippen LogP contribution is 2.19. The van der Waals surface area contributed by atoms with E-state index in [1.165, 1.54) is 0 Å². The van der Waals surface area contributed by atoms with Gasteiger partial charge in [-0.05, 0) is 31.9 Å². The Balaban J connectivity index is 2.63. The quantitative estimate of drug-likeness (QED) is 0.848. The van der Waals surface area contributed by atoms with Crippen molar-refractivity contribution >= 4 is 11.6 Å². The van der Waals surface area contributed by atoms with Crippen molar-refractivity contribution in [1.29, 1.82) is 0 Å². The second-order valence-electron chi connectivity index (χ2n) is 4.81. The van der Waals surface area contributed by atoms with Crippen LogP contribution in [-0.2, 0) is 6.54 Å². The van der Waals surface area contributed by atoms with E-state index in [1.807, 2.05) is 19.9 Å². The maximum Gasteiger partial charge on any atom is 0.213 e. The summed E-state index contributed by atoms with van der Waals surface area (Å²) in [5.74, 6) is 1.26. The summed E-state index contributed by atoms with van der Waals surface area (Å²) in [6.45, 7) is 10.0. The predicted octanol–water partition coefficient (Wildman–Crippen LogP) is 3.27. The van der Waals surface area contributed by atoms with Gasteiger partial charge in [0.2, 0.25) is 5.88 Å². The Morgan fingerprint density at radius 2 is 2.06 bits per heavy atom. The minimum atomic E-state index is 0.125. The SMILES string of the molecule is CC(C)CNCc1cc(OC(C)C)ncc1Cl. The van der Waals surface area contributed by atoms with Crippen molar-refractivity contribution in [2.45, 2.75) is 40.3 Å². The maximum atomic E-state index is 6.09. The van der Waals surface area contributed by atoms with Gasteiger partial charge in [-0.15, -0.1) is 0 Å². The number of halogens is 1. The molecule has 96 valence electrons. The highest BCUT2D eigenvalue weighted by molar-refractivity contribution is 6.31. The molecule has 3 nitrogen and oxygen atoms in total. The Bertz CT molecular complexity index is 353.